The van der Waals surface area contributed by atoms with Gasteiger partial charge in [0.25, 0.3) is 10.0 Å². The highest BCUT2D eigenvalue weighted by molar-refractivity contribution is 9.11. The van der Waals surface area contributed by atoms with Crippen molar-refractivity contribution in [1.82, 2.24) is 4.31 Å². The van der Waals surface area contributed by atoms with Crippen LogP contribution in [0.3, 0.4) is 0 Å². The summed E-state index contributed by atoms with van der Waals surface area (Å²) in [6, 6.07) is 8.18. The Morgan fingerprint density at radius 1 is 0.960 bits per heavy atom. The maximum atomic E-state index is 12.6. The molecule has 0 aliphatic carbocycles. The molecule has 2 aromatic rings. The Balaban J connectivity index is 1.68. The van der Waals surface area contributed by atoms with Crippen LogP contribution in [0.15, 0.2) is 44.4 Å². The highest BCUT2D eigenvalue weighted by Crippen LogP contribution is 2.32. The average Bonchev–Trinajstić information content (AvgIpc) is 3.02. The lowest BCUT2D eigenvalue weighted by Crippen LogP contribution is -2.48. The van der Waals surface area contributed by atoms with Crippen molar-refractivity contribution < 1.29 is 21.6 Å². The topological polar surface area (TPSA) is 40.6 Å². The number of alkyl halides is 3. The zero-order chi connectivity index (χ0) is 18.2. The summed E-state index contributed by atoms with van der Waals surface area (Å²) in [5.74, 6) is 0. The van der Waals surface area contributed by atoms with Gasteiger partial charge in [0.15, 0.2) is 0 Å². The van der Waals surface area contributed by atoms with Crippen LogP contribution in [0.25, 0.3) is 0 Å². The van der Waals surface area contributed by atoms with Crippen LogP contribution in [0, 0.1) is 0 Å². The molecule has 0 atom stereocenters. The highest BCUT2D eigenvalue weighted by Gasteiger charge is 2.32. The minimum Gasteiger partial charge on any atom is -0.369 e. The first kappa shape index (κ1) is 18.7. The molecule has 136 valence electrons. The lowest BCUT2D eigenvalue weighted by Gasteiger charge is -2.35. The number of hydrogen-bond donors (Lipinski definition) is 0. The molecule has 25 heavy (non-hydrogen) atoms. The summed E-state index contributed by atoms with van der Waals surface area (Å²) in [6.45, 7) is 1.44. The Morgan fingerprint density at radius 3 is 2.04 bits per heavy atom. The Bertz CT molecular complexity index is 842. The number of piperazine rings is 1. The van der Waals surface area contributed by atoms with Crippen LogP contribution in [0.2, 0.25) is 0 Å². The second kappa shape index (κ2) is 6.90. The molecule has 0 radical (unpaired) electrons. The molecule has 3 rings (SSSR count). The molecular formula is C15H14BrF3N2O2S2. The molecule has 0 bridgehead atoms. The minimum atomic E-state index is -4.36. The monoisotopic (exact) mass is 454 g/mol. The van der Waals surface area contributed by atoms with Gasteiger partial charge in [-0.3, -0.25) is 0 Å². The van der Waals surface area contributed by atoms with Gasteiger partial charge in [0.1, 0.15) is 4.21 Å². The van der Waals surface area contributed by atoms with E-state index in [2.05, 4.69) is 15.9 Å². The van der Waals surface area contributed by atoms with Crippen LogP contribution >= 0.6 is 27.3 Å². The van der Waals surface area contributed by atoms with Crippen molar-refractivity contribution >= 4 is 43.0 Å². The van der Waals surface area contributed by atoms with E-state index < -0.39 is 21.8 Å². The quantitative estimate of drug-likeness (QED) is 0.702. The molecule has 1 aromatic heterocycles. The van der Waals surface area contributed by atoms with Gasteiger partial charge in [-0.05, 0) is 52.3 Å². The number of sulfonamides is 1. The number of thiophene rings is 1. The van der Waals surface area contributed by atoms with Gasteiger partial charge >= 0.3 is 6.18 Å². The normalized spacial score (nSPS) is 17.0. The molecule has 0 saturated carbocycles. The lowest BCUT2D eigenvalue weighted by molar-refractivity contribution is -0.137. The summed E-state index contributed by atoms with van der Waals surface area (Å²) in [7, 11) is -3.53. The van der Waals surface area contributed by atoms with Gasteiger partial charge in [-0.2, -0.15) is 17.5 Å². The molecule has 0 spiro atoms. The second-order valence-electron chi connectivity index (χ2n) is 5.49. The van der Waals surface area contributed by atoms with Crippen LogP contribution in [0.4, 0.5) is 18.9 Å². The smallest absolute Gasteiger partial charge is 0.369 e. The molecule has 0 amide bonds. The molecule has 1 aliphatic heterocycles. The van der Waals surface area contributed by atoms with Crippen molar-refractivity contribution in [2.24, 2.45) is 0 Å². The summed E-state index contributed by atoms with van der Waals surface area (Å²) >= 11 is 4.41. The number of benzene rings is 1. The molecule has 10 heteroatoms. The number of anilines is 1. The maximum Gasteiger partial charge on any atom is 0.416 e. The van der Waals surface area contributed by atoms with E-state index in [1.165, 1.54) is 16.4 Å². The molecule has 1 aromatic carbocycles. The summed E-state index contributed by atoms with van der Waals surface area (Å²) < 4.78 is 65.4. The van der Waals surface area contributed by atoms with Crippen molar-refractivity contribution in [2.45, 2.75) is 10.4 Å². The summed E-state index contributed by atoms with van der Waals surface area (Å²) in [5, 5.41) is 0. The molecule has 0 N–H and O–H groups in total. The first-order valence-corrected chi connectivity index (χ1v) is 10.4. The van der Waals surface area contributed by atoms with Gasteiger partial charge in [0.05, 0.1) is 9.35 Å². The van der Waals surface area contributed by atoms with Crippen molar-refractivity contribution in [3.8, 4) is 0 Å². The molecule has 4 nitrogen and oxygen atoms in total. The third-order valence-electron chi connectivity index (χ3n) is 3.94. The lowest BCUT2D eigenvalue weighted by atomic mass is 10.2. The second-order valence-corrected chi connectivity index (χ2v) is 10.1. The van der Waals surface area contributed by atoms with E-state index in [0.717, 1.165) is 27.3 Å². The Labute approximate surface area is 156 Å². The van der Waals surface area contributed by atoms with Crippen LogP contribution in [-0.2, 0) is 16.2 Å². The van der Waals surface area contributed by atoms with Gasteiger partial charge in [0.2, 0.25) is 0 Å². The van der Waals surface area contributed by atoms with Crippen molar-refractivity contribution in [1.29, 1.82) is 0 Å². The molecule has 2 heterocycles. The zero-order valence-corrected chi connectivity index (χ0v) is 16.1. The van der Waals surface area contributed by atoms with Crippen LogP contribution in [0.1, 0.15) is 5.56 Å². The van der Waals surface area contributed by atoms with Gasteiger partial charge < -0.3 is 4.90 Å². The van der Waals surface area contributed by atoms with E-state index in [0.29, 0.717) is 31.9 Å². The van der Waals surface area contributed by atoms with E-state index >= 15 is 0 Å². The Morgan fingerprint density at radius 2 is 1.56 bits per heavy atom. The van der Waals surface area contributed by atoms with Crippen LogP contribution in [0.5, 0.6) is 0 Å². The van der Waals surface area contributed by atoms with E-state index in [9.17, 15) is 21.6 Å². The largest absolute Gasteiger partial charge is 0.416 e. The third kappa shape index (κ3) is 4.02. The van der Waals surface area contributed by atoms with Crippen LogP contribution < -0.4 is 4.90 Å². The van der Waals surface area contributed by atoms with Gasteiger partial charge in [-0.25, -0.2) is 8.42 Å². The van der Waals surface area contributed by atoms with E-state index in [4.69, 9.17) is 0 Å². The fraction of sp³-hybridized carbons (Fsp3) is 0.333. The van der Waals surface area contributed by atoms with E-state index in [-0.39, 0.29) is 4.21 Å². The zero-order valence-electron chi connectivity index (χ0n) is 12.8. The number of halogens is 4. The predicted molar refractivity (Wildman–Crippen MR) is 94.4 cm³/mol. The molecule has 1 fully saturated rings. The predicted octanol–water partition coefficient (Wildman–Crippen LogP) is 4.04. The van der Waals surface area contributed by atoms with E-state index in [1.807, 2.05) is 4.90 Å². The molecule has 1 saturated heterocycles. The molecular weight excluding hydrogens is 441 g/mol. The summed E-state index contributed by atoms with van der Waals surface area (Å²) in [4.78, 5) is 1.89. The van der Waals surface area contributed by atoms with Crippen LogP contribution in [-0.4, -0.2) is 38.9 Å². The van der Waals surface area contributed by atoms with Gasteiger partial charge in [-0.15, -0.1) is 11.3 Å². The molecule has 0 unspecified atom stereocenters. The SMILES string of the molecule is O=S(=O)(c1ccc(Br)s1)N1CCN(c2ccc(C(F)(F)F)cc2)CC1. The Hall–Kier alpha value is -1.10. The van der Waals surface area contributed by atoms with E-state index in [1.54, 1.807) is 12.1 Å². The van der Waals surface area contributed by atoms with Gasteiger partial charge in [-0.1, -0.05) is 0 Å². The fourth-order valence-electron chi connectivity index (χ4n) is 2.61. The average molecular weight is 455 g/mol. The summed E-state index contributed by atoms with van der Waals surface area (Å²) in [6.07, 6.45) is -4.36. The third-order valence-corrected chi connectivity index (χ3v) is 7.93. The maximum absolute atomic E-state index is 12.6. The standard InChI is InChI=1S/C15H14BrF3N2O2S2/c16-13-5-6-14(24-13)25(22,23)21-9-7-20(8-10-21)12-3-1-11(2-4-12)15(17,18)19/h1-6H,7-10H2. The Kier molecular flexibility index (Phi) is 5.16. The number of rotatable bonds is 3. The molecule has 1 aliphatic rings. The van der Waals surface area contributed by atoms with Crippen molar-refractivity contribution in [2.75, 3.05) is 31.1 Å². The first-order chi connectivity index (χ1) is 11.7. The van der Waals surface area contributed by atoms with Crippen molar-refractivity contribution in [3.63, 3.8) is 0 Å². The fourth-order valence-corrected chi connectivity index (χ4v) is 6.20. The number of nitrogens with zero attached hydrogens (tertiary/aromatic N) is 2. The van der Waals surface area contributed by atoms with Gasteiger partial charge in [0, 0.05) is 31.9 Å². The highest BCUT2D eigenvalue weighted by atomic mass is 79.9. The number of hydrogen-bond acceptors (Lipinski definition) is 4. The first-order valence-electron chi connectivity index (χ1n) is 7.35. The minimum absolute atomic E-state index is 0.280. The summed E-state index contributed by atoms with van der Waals surface area (Å²) in [5.41, 5.74) is -0.0374. The van der Waals surface area contributed by atoms with Crippen molar-refractivity contribution in [3.05, 3.63) is 45.7 Å².